The highest BCUT2D eigenvalue weighted by Gasteiger charge is 2.31. The molecule has 2 aromatic heterocycles. The van der Waals surface area contributed by atoms with Crippen molar-refractivity contribution in [2.24, 2.45) is 0 Å². The molecule has 0 bridgehead atoms. The molecular formula is C15H16F3N3O4S2. The number of aliphatic hydroxyl groups excluding tert-OH is 1. The van der Waals surface area contributed by atoms with Gasteiger partial charge in [-0.15, -0.1) is 11.3 Å². The van der Waals surface area contributed by atoms with Crippen LogP contribution in [0.5, 0.6) is 0 Å². The molecule has 0 radical (unpaired) electrons. The maximum atomic E-state index is 12.8. The normalized spacial score (nSPS) is 12.1. The average molecular weight is 423 g/mol. The first-order valence-corrected chi connectivity index (χ1v) is 9.82. The van der Waals surface area contributed by atoms with Crippen molar-refractivity contribution in [1.29, 1.82) is 0 Å². The summed E-state index contributed by atoms with van der Waals surface area (Å²) in [7, 11) is -4.22. The van der Waals surface area contributed by atoms with Crippen molar-refractivity contribution in [3.8, 4) is 0 Å². The van der Waals surface area contributed by atoms with Gasteiger partial charge in [0.15, 0.2) is 0 Å². The summed E-state index contributed by atoms with van der Waals surface area (Å²) >= 11 is 0.893. The fourth-order valence-electron chi connectivity index (χ4n) is 2.18. The van der Waals surface area contributed by atoms with Gasteiger partial charge < -0.3 is 5.11 Å². The Morgan fingerprint density at radius 2 is 1.93 bits per heavy atom. The highest BCUT2D eigenvalue weighted by molar-refractivity contribution is 7.92. The van der Waals surface area contributed by atoms with Crippen LogP contribution in [0.3, 0.4) is 0 Å². The van der Waals surface area contributed by atoms with E-state index >= 15 is 0 Å². The van der Waals surface area contributed by atoms with Gasteiger partial charge in [-0.3, -0.25) is 5.32 Å². The number of aryl methyl sites for hydroxylation is 2. The zero-order chi connectivity index (χ0) is 20.4. The van der Waals surface area contributed by atoms with Gasteiger partial charge in [0.1, 0.15) is 10.0 Å². The van der Waals surface area contributed by atoms with E-state index < -0.39 is 33.6 Å². The highest BCUT2D eigenvalue weighted by Crippen LogP contribution is 2.31. The maximum absolute atomic E-state index is 12.8. The summed E-state index contributed by atoms with van der Waals surface area (Å²) in [4.78, 5) is 16.3. The van der Waals surface area contributed by atoms with Crippen molar-refractivity contribution in [1.82, 2.24) is 9.71 Å². The van der Waals surface area contributed by atoms with E-state index in [-0.39, 0.29) is 22.9 Å². The quantitative estimate of drug-likeness (QED) is 0.685. The van der Waals surface area contributed by atoms with Crippen LogP contribution in [-0.2, 0) is 22.6 Å². The number of nitrogens with one attached hydrogen (secondary N) is 2. The first-order chi connectivity index (χ1) is 12.4. The smallest absolute Gasteiger partial charge is 0.396 e. The first-order valence-electron chi connectivity index (χ1n) is 7.52. The molecule has 0 aliphatic carbocycles. The zero-order valence-electron chi connectivity index (χ0n) is 14.2. The summed E-state index contributed by atoms with van der Waals surface area (Å²) in [5.74, 6) is -0.432. The van der Waals surface area contributed by atoms with Gasteiger partial charge in [0.05, 0.1) is 5.56 Å². The van der Waals surface area contributed by atoms with Crippen LogP contribution < -0.4 is 10.0 Å². The van der Waals surface area contributed by atoms with Crippen molar-refractivity contribution < 1.29 is 31.5 Å². The van der Waals surface area contributed by atoms with Crippen LogP contribution in [0.15, 0.2) is 22.4 Å². The van der Waals surface area contributed by atoms with E-state index in [1.165, 1.54) is 13.0 Å². The number of carbonyl (C=O) groups excluding carboxylic acids is 1. The molecule has 0 atom stereocenters. The molecule has 0 aliphatic rings. The lowest BCUT2D eigenvalue weighted by atomic mass is 10.2. The molecule has 0 aromatic carbocycles. The fourth-order valence-corrected chi connectivity index (χ4v) is 4.67. The lowest BCUT2D eigenvalue weighted by Crippen LogP contribution is -2.34. The summed E-state index contributed by atoms with van der Waals surface area (Å²) < 4.78 is 64.6. The van der Waals surface area contributed by atoms with Gasteiger partial charge in [-0.1, -0.05) is 0 Å². The highest BCUT2D eigenvalue weighted by atomic mass is 32.2. The minimum atomic E-state index is -4.63. The van der Waals surface area contributed by atoms with E-state index in [0.717, 1.165) is 17.4 Å². The number of aliphatic hydroxyl groups is 1. The topological polar surface area (TPSA) is 108 Å². The number of anilines is 1. The molecule has 27 heavy (non-hydrogen) atoms. The number of sulfonamides is 1. The minimum absolute atomic E-state index is 0.00510. The number of hydrogen-bond donors (Lipinski definition) is 3. The lowest BCUT2D eigenvalue weighted by Gasteiger charge is -2.11. The third-order valence-electron chi connectivity index (χ3n) is 3.35. The number of amides is 2. The van der Waals surface area contributed by atoms with Crippen molar-refractivity contribution in [3.63, 3.8) is 0 Å². The fraction of sp³-hybridized carbons (Fsp3) is 0.333. The molecule has 12 heteroatoms. The Balaban J connectivity index is 2.18. The maximum Gasteiger partial charge on any atom is 0.416 e. The molecule has 0 spiro atoms. The molecule has 0 aliphatic heterocycles. The SMILES string of the molecule is Cc1cc(C(F)(F)F)cc(NC(=O)NS(=O)(=O)c2cc(C)c(CCO)s2)n1. The number of carbonyl (C=O) groups is 1. The number of pyridine rings is 1. The Kier molecular flexibility index (Phi) is 6.12. The lowest BCUT2D eigenvalue weighted by molar-refractivity contribution is -0.137. The number of aromatic nitrogens is 1. The molecule has 3 N–H and O–H groups in total. The Labute approximate surface area is 157 Å². The second kappa shape index (κ2) is 7.82. The van der Waals surface area contributed by atoms with Crippen LogP contribution in [0.4, 0.5) is 23.8 Å². The monoisotopic (exact) mass is 423 g/mol. The first kappa shape index (κ1) is 21.1. The van der Waals surface area contributed by atoms with E-state index in [1.807, 2.05) is 5.32 Å². The zero-order valence-corrected chi connectivity index (χ0v) is 15.8. The molecule has 2 heterocycles. The van der Waals surface area contributed by atoms with Crippen LogP contribution in [0.1, 0.15) is 21.7 Å². The Morgan fingerprint density at radius 3 is 2.52 bits per heavy atom. The predicted octanol–water partition coefficient (Wildman–Crippen LogP) is 2.82. The number of hydrogen-bond acceptors (Lipinski definition) is 6. The molecule has 7 nitrogen and oxygen atoms in total. The Hall–Kier alpha value is -2.18. The van der Waals surface area contributed by atoms with Crippen LogP contribution in [0, 0.1) is 13.8 Å². The van der Waals surface area contributed by atoms with Crippen molar-refractivity contribution in [2.75, 3.05) is 11.9 Å². The van der Waals surface area contributed by atoms with Gasteiger partial charge in [0, 0.05) is 23.6 Å². The largest absolute Gasteiger partial charge is 0.416 e. The standard InChI is InChI=1S/C15H16F3N3O4S2/c1-8-5-13(26-11(8)3-4-22)27(24,25)21-14(23)20-12-7-10(15(16,17)18)6-9(2)19-12/h5-7,22H,3-4H2,1-2H3,(H2,19,20,21,23). The molecule has 0 unspecified atom stereocenters. The van der Waals surface area contributed by atoms with Crippen molar-refractivity contribution in [2.45, 2.75) is 30.7 Å². The second-order valence-electron chi connectivity index (χ2n) is 5.59. The second-order valence-corrected chi connectivity index (χ2v) is 8.63. The number of rotatable bonds is 5. The summed E-state index contributed by atoms with van der Waals surface area (Å²) in [6.07, 6.45) is -4.37. The number of thiophene rings is 1. The molecule has 0 fully saturated rings. The van der Waals surface area contributed by atoms with Gasteiger partial charge in [0.25, 0.3) is 10.0 Å². The van der Waals surface area contributed by atoms with Gasteiger partial charge in [-0.2, -0.15) is 13.2 Å². The molecule has 2 aromatic rings. The van der Waals surface area contributed by atoms with Crippen LogP contribution >= 0.6 is 11.3 Å². The van der Waals surface area contributed by atoms with E-state index in [2.05, 4.69) is 4.98 Å². The Bertz CT molecular complexity index is 956. The van der Waals surface area contributed by atoms with Crippen LogP contribution in [0.2, 0.25) is 0 Å². The third kappa shape index (κ3) is 5.40. The molecule has 2 amide bonds. The number of urea groups is 1. The summed E-state index contributed by atoms with van der Waals surface area (Å²) in [5, 5.41) is 11.0. The molecule has 0 saturated heterocycles. The van der Waals surface area contributed by atoms with E-state index in [1.54, 1.807) is 11.6 Å². The van der Waals surface area contributed by atoms with Gasteiger partial charge in [0.2, 0.25) is 0 Å². The summed E-state index contributed by atoms with van der Waals surface area (Å²) in [6, 6.07) is 1.51. The van der Waals surface area contributed by atoms with Crippen molar-refractivity contribution in [3.05, 3.63) is 39.9 Å². The molecule has 2 rings (SSSR count). The third-order valence-corrected chi connectivity index (χ3v) is 6.45. The summed E-state index contributed by atoms with van der Waals surface area (Å²) in [5.41, 5.74) is -0.369. The van der Waals surface area contributed by atoms with Gasteiger partial charge >= 0.3 is 12.2 Å². The Morgan fingerprint density at radius 1 is 1.26 bits per heavy atom. The van der Waals surface area contributed by atoms with Gasteiger partial charge in [-0.05, 0) is 37.6 Å². The van der Waals surface area contributed by atoms with Crippen molar-refractivity contribution >= 4 is 33.2 Å². The number of alkyl halides is 3. The van der Waals surface area contributed by atoms with E-state index in [4.69, 9.17) is 5.11 Å². The molecule has 0 saturated carbocycles. The average Bonchev–Trinajstić information content (AvgIpc) is 2.87. The van der Waals surface area contributed by atoms with Crippen LogP contribution in [0.25, 0.3) is 0 Å². The number of halogens is 3. The van der Waals surface area contributed by atoms with E-state index in [0.29, 0.717) is 16.5 Å². The molecule has 148 valence electrons. The van der Waals surface area contributed by atoms with Gasteiger partial charge in [-0.25, -0.2) is 22.9 Å². The predicted molar refractivity (Wildman–Crippen MR) is 93.2 cm³/mol. The molecular weight excluding hydrogens is 407 g/mol. The van der Waals surface area contributed by atoms with Crippen LogP contribution in [-0.4, -0.2) is 31.1 Å². The summed E-state index contributed by atoms with van der Waals surface area (Å²) in [6.45, 7) is 2.82. The van der Waals surface area contributed by atoms with E-state index in [9.17, 15) is 26.4 Å². The number of nitrogens with zero attached hydrogens (tertiary/aromatic N) is 1. The minimum Gasteiger partial charge on any atom is -0.396 e.